The molecule has 0 aliphatic carbocycles. The second-order valence-electron chi connectivity index (χ2n) is 4.27. The zero-order valence-corrected chi connectivity index (χ0v) is 11.7. The smallest absolute Gasteiger partial charge is 0.211 e. The van der Waals surface area contributed by atoms with Crippen molar-refractivity contribution in [3.8, 4) is 6.07 Å². The van der Waals surface area contributed by atoms with Gasteiger partial charge < -0.3 is 0 Å². The van der Waals surface area contributed by atoms with Gasteiger partial charge in [-0.1, -0.05) is 31.2 Å². The van der Waals surface area contributed by atoms with E-state index in [0.717, 1.165) is 11.1 Å². The van der Waals surface area contributed by atoms with Gasteiger partial charge in [0.1, 0.15) is 0 Å². The first-order valence-corrected chi connectivity index (χ1v) is 7.43. The molecule has 18 heavy (non-hydrogen) atoms. The minimum absolute atomic E-state index is 0.284. The Morgan fingerprint density at radius 3 is 2.50 bits per heavy atom. The summed E-state index contributed by atoms with van der Waals surface area (Å²) in [6, 6.07) is 9.07. The summed E-state index contributed by atoms with van der Waals surface area (Å²) in [7, 11) is -3.60. The van der Waals surface area contributed by atoms with Gasteiger partial charge in [0.05, 0.1) is 6.07 Å². The average Bonchev–Trinajstić information content (AvgIpc) is 2.29. The van der Waals surface area contributed by atoms with Crippen LogP contribution in [0.5, 0.6) is 0 Å². The van der Waals surface area contributed by atoms with Crippen molar-refractivity contribution in [3.63, 3.8) is 0 Å². The number of nitriles is 1. The second kappa shape index (κ2) is 5.98. The fourth-order valence-electron chi connectivity index (χ4n) is 1.84. The zero-order valence-electron chi connectivity index (χ0n) is 10.8. The van der Waals surface area contributed by atoms with Crippen molar-refractivity contribution in [1.82, 2.24) is 4.72 Å². The normalized spacial score (nSPS) is 14.8. The minimum Gasteiger partial charge on any atom is -0.211 e. The topological polar surface area (TPSA) is 70.0 Å². The number of aryl methyl sites for hydroxylation is 1. The first kappa shape index (κ1) is 14.7. The standard InChI is InChI=1S/C13H18N2O2S/c1-4-12(9-14)18(16,17)15-11(3)13-8-6-5-7-10(13)2/h5-8,11-12,15H,4H2,1-3H3. The summed E-state index contributed by atoms with van der Waals surface area (Å²) in [5.74, 6) is 0. The highest BCUT2D eigenvalue weighted by Crippen LogP contribution is 2.18. The molecule has 0 aliphatic rings. The maximum Gasteiger partial charge on any atom is 0.228 e. The summed E-state index contributed by atoms with van der Waals surface area (Å²) in [4.78, 5) is 0. The highest BCUT2D eigenvalue weighted by molar-refractivity contribution is 7.90. The van der Waals surface area contributed by atoms with Crippen LogP contribution < -0.4 is 4.72 Å². The summed E-state index contributed by atoms with van der Waals surface area (Å²) in [6.07, 6.45) is 0.284. The molecule has 0 aliphatic heterocycles. The highest BCUT2D eigenvalue weighted by Gasteiger charge is 2.25. The largest absolute Gasteiger partial charge is 0.228 e. The third kappa shape index (κ3) is 3.31. The molecule has 4 nitrogen and oxygen atoms in total. The minimum atomic E-state index is -3.60. The molecule has 98 valence electrons. The molecule has 0 bridgehead atoms. The van der Waals surface area contributed by atoms with Gasteiger partial charge in [0.25, 0.3) is 0 Å². The SMILES string of the molecule is CCC(C#N)S(=O)(=O)NC(C)c1ccccc1C. The lowest BCUT2D eigenvalue weighted by Crippen LogP contribution is -2.35. The van der Waals surface area contributed by atoms with E-state index in [4.69, 9.17) is 5.26 Å². The van der Waals surface area contributed by atoms with E-state index in [9.17, 15) is 8.42 Å². The Kier molecular flexibility index (Phi) is 4.88. The van der Waals surface area contributed by atoms with E-state index in [0.29, 0.717) is 0 Å². The zero-order chi connectivity index (χ0) is 13.8. The lowest BCUT2D eigenvalue weighted by Gasteiger charge is -2.18. The second-order valence-corrected chi connectivity index (χ2v) is 6.16. The fraction of sp³-hybridized carbons (Fsp3) is 0.462. The third-order valence-corrected chi connectivity index (χ3v) is 4.76. The lowest BCUT2D eigenvalue weighted by molar-refractivity contribution is 0.558. The summed E-state index contributed by atoms with van der Waals surface area (Å²) < 4.78 is 26.5. The van der Waals surface area contributed by atoms with Crippen LogP contribution in [0.4, 0.5) is 0 Å². The Balaban J connectivity index is 2.93. The molecular weight excluding hydrogens is 248 g/mol. The van der Waals surface area contributed by atoms with Gasteiger partial charge in [0.2, 0.25) is 10.0 Å². The van der Waals surface area contributed by atoms with Crippen LogP contribution in [0.3, 0.4) is 0 Å². The van der Waals surface area contributed by atoms with Crippen LogP contribution in [0.15, 0.2) is 24.3 Å². The van der Waals surface area contributed by atoms with Gasteiger partial charge in [-0.2, -0.15) is 5.26 Å². The summed E-state index contributed by atoms with van der Waals surface area (Å²) in [5, 5.41) is 7.83. The Morgan fingerprint density at radius 2 is 2.00 bits per heavy atom. The molecule has 0 saturated carbocycles. The van der Waals surface area contributed by atoms with Crippen LogP contribution in [-0.2, 0) is 10.0 Å². The predicted octanol–water partition coefficient (Wildman–Crippen LogP) is 2.28. The van der Waals surface area contributed by atoms with E-state index in [1.165, 1.54) is 0 Å². The molecule has 0 radical (unpaired) electrons. The first-order chi connectivity index (χ1) is 8.42. The van der Waals surface area contributed by atoms with Crippen LogP contribution >= 0.6 is 0 Å². The van der Waals surface area contributed by atoms with Gasteiger partial charge in [-0.05, 0) is 31.4 Å². The molecule has 0 spiro atoms. The number of sulfonamides is 1. The molecule has 0 amide bonds. The Bertz CT molecular complexity index is 546. The molecule has 1 aromatic rings. The molecule has 2 atom stereocenters. The van der Waals surface area contributed by atoms with E-state index in [1.54, 1.807) is 13.8 Å². The Hall–Kier alpha value is -1.38. The molecule has 1 N–H and O–H groups in total. The van der Waals surface area contributed by atoms with Gasteiger partial charge in [-0.15, -0.1) is 0 Å². The number of rotatable bonds is 5. The van der Waals surface area contributed by atoms with Gasteiger partial charge in [-0.25, -0.2) is 13.1 Å². The molecule has 5 heteroatoms. The van der Waals surface area contributed by atoms with E-state index >= 15 is 0 Å². The lowest BCUT2D eigenvalue weighted by atomic mass is 10.0. The predicted molar refractivity (Wildman–Crippen MR) is 71.3 cm³/mol. The van der Waals surface area contributed by atoms with Crippen LogP contribution in [0, 0.1) is 18.3 Å². The third-order valence-electron chi connectivity index (χ3n) is 2.89. The molecule has 1 rings (SSSR count). The number of hydrogen-bond acceptors (Lipinski definition) is 3. The maximum absolute atomic E-state index is 12.0. The molecule has 0 saturated heterocycles. The number of hydrogen-bond donors (Lipinski definition) is 1. The molecule has 1 aromatic carbocycles. The van der Waals surface area contributed by atoms with E-state index in [2.05, 4.69) is 4.72 Å². The average molecular weight is 266 g/mol. The van der Waals surface area contributed by atoms with Crippen molar-refractivity contribution in [2.24, 2.45) is 0 Å². The number of benzene rings is 1. The maximum atomic E-state index is 12.0. The molecule has 0 heterocycles. The summed E-state index contributed by atoms with van der Waals surface area (Å²) >= 11 is 0. The van der Waals surface area contributed by atoms with Crippen LogP contribution in [0.25, 0.3) is 0 Å². The highest BCUT2D eigenvalue weighted by atomic mass is 32.2. The first-order valence-electron chi connectivity index (χ1n) is 5.88. The van der Waals surface area contributed by atoms with E-state index in [-0.39, 0.29) is 12.5 Å². The Morgan fingerprint density at radius 1 is 1.39 bits per heavy atom. The number of nitrogens with zero attached hydrogens (tertiary/aromatic N) is 1. The monoisotopic (exact) mass is 266 g/mol. The quantitative estimate of drug-likeness (QED) is 0.888. The van der Waals surface area contributed by atoms with Gasteiger partial charge in [0.15, 0.2) is 5.25 Å². The van der Waals surface area contributed by atoms with Crippen molar-refractivity contribution in [3.05, 3.63) is 35.4 Å². The van der Waals surface area contributed by atoms with E-state index < -0.39 is 15.3 Å². The van der Waals surface area contributed by atoms with Crippen molar-refractivity contribution in [2.45, 2.75) is 38.5 Å². The molecule has 2 unspecified atom stereocenters. The van der Waals surface area contributed by atoms with Crippen LogP contribution in [0.1, 0.15) is 37.4 Å². The van der Waals surface area contributed by atoms with Crippen LogP contribution in [0.2, 0.25) is 0 Å². The van der Waals surface area contributed by atoms with Crippen molar-refractivity contribution < 1.29 is 8.42 Å². The van der Waals surface area contributed by atoms with Crippen LogP contribution in [-0.4, -0.2) is 13.7 Å². The van der Waals surface area contributed by atoms with Gasteiger partial charge >= 0.3 is 0 Å². The molecule has 0 fully saturated rings. The van der Waals surface area contributed by atoms with Gasteiger partial charge in [-0.3, -0.25) is 0 Å². The fourth-order valence-corrected chi connectivity index (χ4v) is 3.21. The van der Waals surface area contributed by atoms with Gasteiger partial charge in [0, 0.05) is 6.04 Å². The van der Waals surface area contributed by atoms with Crippen molar-refractivity contribution in [1.29, 1.82) is 5.26 Å². The van der Waals surface area contributed by atoms with Crippen molar-refractivity contribution in [2.75, 3.05) is 0 Å². The summed E-state index contributed by atoms with van der Waals surface area (Å²) in [5.41, 5.74) is 1.95. The molecule has 0 aromatic heterocycles. The van der Waals surface area contributed by atoms with E-state index in [1.807, 2.05) is 37.3 Å². The summed E-state index contributed by atoms with van der Waals surface area (Å²) in [6.45, 7) is 5.40. The Labute approximate surface area is 109 Å². The number of nitrogens with one attached hydrogen (secondary N) is 1. The molecular formula is C13H18N2O2S. The van der Waals surface area contributed by atoms with Crippen molar-refractivity contribution >= 4 is 10.0 Å².